The highest BCUT2D eigenvalue weighted by Crippen LogP contribution is 2.33. The van der Waals surface area contributed by atoms with Crippen LogP contribution in [0.15, 0.2) is 0 Å². The fourth-order valence-corrected chi connectivity index (χ4v) is 3.42. The molecule has 2 rings (SSSR count). The van der Waals surface area contributed by atoms with Gasteiger partial charge in [0.2, 0.25) is 0 Å². The molecular weight excluding hydrogens is 228 g/mol. The molecule has 2 saturated heterocycles. The first-order valence-corrected chi connectivity index (χ1v) is 7.42. The summed E-state index contributed by atoms with van der Waals surface area (Å²) in [5.41, 5.74) is 6.32. The molecule has 2 heterocycles. The molecule has 0 aromatic carbocycles. The van der Waals surface area contributed by atoms with E-state index in [9.17, 15) is 0 Å². The van der Waals surface area contributed by atoms with Crippen LogP contribution < -0.4 is 5.73 Å². The largest absolute Gasteiger partial charge is 0.396 e. The van der Waals surface area contributed by atoms with Crippen molar-refractivity contribution in [2.45, 2.75) is 44.6 Å². The molecule has 0 saturated carbocycles. The third-order valence-corrected chi connectivity index (χ3v) is 4.72. The number of nitrogens with zero attached hydrogens (tertiary/aromatic N) is 1. The molecule has 0 bridgehead atoms. The van der Waals surface area contributed by atoms with Gasteiger partial charge in [0, 0.05) is 32.4 Å². The summed E-state index contributed by atoms with van der Waals surface area (Å²) in [5.74, 6) is 0. The predicted octanol–water partition coefficient (Wildman–Crippen LogP) is 0.979. The van der Waals surface area contributed by atoms with Gasteiger partial charge < -0.3 is 15.6 Å². The minimum atomic E-state index is 0.278. The smallest absolute Gasteiger partial charge is 0.0472 e. The van der Waals surface area contributed by atoms with Crippen molar-refractivity contribution >= 4 is 0 Å². The first-order chi connectivity index (χ1) is 8.79. The Morgan fingerprint density at radius 1 is 1.33 bits per heavy atom. The maximum atomic E-state index is 8.98. The van der Waals surface area contributed by atoms with Gasteiger partial charge in [0.05, 0.1) is 0 Å². The Kier molecular flexibility index (Phi) is 5.42. The van der Waals surface area contributed by atoms with Crippen LogP contribution in [0.5, 0.6) is 0 Å². The van der Waals surface area contributed by atoms with Crippen LogP contribution in [0.4, 0.5) is 0 Å². The van der Waals surface area contributed by atoms with Crippen LogP contribution in [-0.4, -0.2) is 55.5 Å². The summed E-state index contributed by atoms with van der Waals surface area (Å²) in [7, 11) is 0. The van der Waals surface area contributed by atoms with Crippen LogP contribution in [0.1, 0.15) is 38.5 Å². The summed E-state index contributed by atoms with van der Waals surface area (Å²) in [6, 6.07) is 0.670. The average molecular weight is 256 g/mol. The maximum absolute atomic E-state index is 8.98. The van der Waals surface area contributed by atoms with E-state index >= 15 is 0 Å². The Balaban J connectivity index is 1.89. The Bertz CT molecular complexity index is 242. The standard InChI is InChI=1S/C14H28N2O2/c15-11-14(5-9-18-10-6-14)12-16-7-1-3-13(16)4-2-8-17/h13,17H,1-12,15H2. The molecule has 4 nitrogen and oxygen atoms in total. The van der Waals surface area contributed by atoms with Crippen LogP contribution in [0.2, 0.25) is 0 Å². The third-order valence-electron chi connectivity index (χ3n) is 4.72. The predicted molar refractivity (Wildman–Crippen MR) is 72.5 cm³/mol. The van der Waals surface area contributed by atoms with Crippen molar-refractivity contribution in [3.63, 3.8) is 0 Å². The summed E-state index contributed by atoms with van der Waals surface area (Å²) >= 11 is 0. The van der Waals surface area contributed by atoms with Crippen molar-refractivity contribution in [2.75, 3.05) is 39.5 Å². The molecule has 0 aliphatic carbocycles. The van der Waals surface area contributed by atoms with Gasteiger partial charge in [0.1, 0.15) is 0 Å². The lowest BCUT2D eigenvalue weighted by molar-refractivity contribution is -0.00299. The van der Waals surface area contributed by atoms with E-state index in [-0.39, 0.29) is 5.41 Å². The van der Waals surface area contributed by atoms with Gasteiger partial charge in [-0.15, -0.1) is 0 Å². The van der Waals surface area contributed by atoms with Crippen LogP contribution in [-0.2, 0) is 4.74 Å². The van der Waals surface area contributed by atoms with Gasteiger partial charge in [-0.2, -0.15) is 0 Å². The number of hydrogen-bond donors (Lipinski definition) is 2. The monoisotopic (exact) mass is 256 g/mol. The van der Waals surface area contributed by atoms with Crippen molar-refractivity contribution in [1.82, 2.24) is 4.90 Å². The molecule has 0 spiro atoms. The van der Waals surface area contributed by atoms with E-state index in [1.807, 2.05) is 0 Å². The summed E-state index contributed by atoms with van der Waals surface area (Å²) in [6.45, 7) is 5.17. The number of nitrogens with two attached hydrogens (primary N) is 1. The van der Waals surface area contributed by atoms with E-state index in [1.54, 1.807) is 0 Å². The van der Waals surface area contributed by atoms with Gasteiger partial charge in [-0.1, -0.05) is 0 Å². The summed E-state index contributed by atoms with van der Waals surface area (Å²) < 4.78 is 5.48. The summed E-state index contributed by atoms with van der Waals surface area (Å²) in [5, 5.41) is 8.98. The Hall–Kier alpha value is -0.160. The number of aliphatic hydroxyl groups excluding tert-OH is 1. The van der Waals surface area contributed by atoms with Gasteiger partial charge in [0.15, 0.2) is 0 Å². The maximum Gasteiger partial charge on any atom is 0.0472 e. The van der Waals surface area contributed by atoms with Gasteiger partial charge in [-0.3, -0.25) is 4.90 Å². The molecule has 0 radical (unpaired) electrons. The molecule has 18 heavy (non-hydrogen) atoms. The van der Waals surface area contributed by atoms with Crippen molar-refractivity contribution in [3.8, 4) is 0 Å². The van der Waals surface area contributed by atoms with Crippen molar-refractivity contribution in [3.05, 3.63) is 0 Å². The topological polar surface area (TPSA) is 58.7 Å². The van der Waals surface area contributed by atoms with Crippen LogP contribution >= 0.6 is 0 Å². The zero-order valence-corrected chi connectivity index (χ0v) is 11.4. The molecule has 1 unspecified atom stereocenters. The molecule has 0 amide bonds. The summed E-state index contributed by atoms with van der Waals surface area (Å²) in [4.78, 5) is 2.62. The van der Waals surface area contributed by atoms with E-state index in [0.717, 1.165) is 52.0 Å². The molecular formula is C14H28N2O2. The zero-order valence-electron chi connectivity index (χ0n) is 11.4. The molecule has 2 aliphatic rings. The normalized spacial score (nSPS) is 28.7. The van der Waals surface area contributed by atoms with Gasteiger partial charge >= 0.3 is 0 Å². The SMILES string of the molecule is NCC1(CN2CCCC2CCCO)CCOCC1. The highest BCUT2D eigenvalue weighted by Gasteiger charge is 2.36. The Morgan fingerprint density at radius 3 is 2.78 bits per heavy atom. The van der Waals surface area contributed by atoms with E-state index in [2.05, 4.69) is 4.90 Å². The lowest BCUT2D eigenvalue weighted by Gasteiger charge is -2.41. The Labute approximate surface area is 110 Å². The van der Waals surface area contributed by atoms with Gasteiger partial charge in [0.25, 0.3) is 0 Å². The number of aliphatic hydroxyl groups is 1. The highest BCUT2D eigenvalue weighted by molar-refractivity contribution is 4.90. The van der Waals surface area contributed by atoms with Gasteiger partial charge in [-0.05, 0) is 57.0 Å². The quantitative estimate of drug-likeness (QED) is 0.744. The average Bonchev–Trinajstić information content (AvgIpc) is 2.84. The highest BCUT2D eigenvalue weighted by atomic mass is 16.5. The molecule has 0 aromatic rings. The fraction of sp³-hybridized carbons (Fsp3) is 1.00. The number of rotatable bonds is 6. The van der Waals surface area contributed by atoms with E-state index in [1.165, 1.54) is 19.4 Å². The first kappa shape index (κ1) is 14.3. The molecule has 0 aromatic heterocycles. The first-order valence-electron chi connectivity index (χ1n) is 7.42. The second-order valence-electron chi connectivity index (χ2n) is 5.95. The third kappa shape index (κ3) is 3.44. The molecule has 2 fully saturated rings. The van der Waals surface area contributed by atoms with Crippen molar-refractivity contribution in [1.29, 1.82) is 0 Å². The number of ether oxygens (including phenoxy) is 1. The number of likely N-dealkylation sites (tertiary alicyclic amines) is 1. The lowest BCUT2D eigenvalue weighted by Crippen LogP contribution is -2.47. The van der Waals surface area contributed by atoms with Crippen molar-refractivity contribution in [2.24, 2.45) is 11.1 Å². The molecule has 1 atom stereocenters. The van der Waals surface area contributed by atoms with Crippen LogP contribution in [0, 0.1) is 5.41 Å². The minimum Gasteiger partial charge on any atom is -0.396 e. The molecule has 2 aliphatic heterocycles. The molecule has 106 valence electrons. The zero-order chi connectivity index (χ0) is 12.8. The van der Waals surface area contributed by atoms with E-state index < -0.39 is 0 Å². The van der Waals surface area contributed by atoms with Gasteiger partial charge in [-0.25, -0.2) is 0 Å². The molecule has 3 N–H and O–H groups in total. The van der Waals surface area contributed by atoms with Crippen LogP contribution in [0.3, 0.4) is 0 Å². The summed E-state index contributed by atoms with van der Waals surface area (Å²) in [6.07, 6.45) is 6.86. The minimum absolute atomic E-state index is 0.278. The second-order valence-corrected chi connectivity index (χ2v) is 5.95. The van der Waals surface area contributed by atoms with E-state index in [0.29, 0.717) is 12.6 Å². The second kappa shape index (κ2) is 6.85. The fourth-order valence-electron chi connectivity index (χ4n) is 3.42. The molecule has 4 heteroatoms. The van der Waals surface area contributed by atoms with E-state index in [4.69, 9.17) is 15.6 Å². The number of hydrogen-bond acceptors (Lipinski definition) is 4. The van der Waals surface area contributed by atoms with Crippen LogP contribution in [0.25, 0.3) is 0 Å². The van der Waals surface area contributed by atoms with Crippen molar-refractivity contribution < 1.29 is 9.84 Å². The Morgan fingerprint density at radius 2 is 2.11 bits per heavy atom. The lowest BCUT2D eigenvalue weighted by atomic mass is 9.79.